The summed E-state index contributed by atoms with van der Waals surface area (Å²) in [5.41, 5.74) is 3.97. The number of likely N-dealkylation sites (N-methyl/N-ethyl adjacent to an activating group) is 1. The monoisotopic (exact) mass is 272 g/mol. The molecule has 4 nitrogen and oxygen atoms in total. The first-order chi connectivity index (χ1) is 9.51. The Hall–Kier alpha value is -1.68. The number of benzene rings is 1. The zero-order valence-electron chi connectivity index (χ0n) is 13.1. The van der Waals surface area contributed by atoms with Crippen LogP contribution in [-0.4, -0.2) is 21.3 Å². The summed E-state index contributed by atoms with van der Waals surface area (Å²) in [4.78, 5) is 4.37. The van der Waals surface area contributed by atoms with Gasteiger partial charge >= 0.3 is 0 Å². The number of nitrogens with zero attached hydrogens (tertiary/aromatic N) is 3. The molecule has 1 unspecified atom stereocenters. The predicted molar refractivity (Wildman–Crippen MR) is 81.8 cm³/mol. The zero-order valence-corrected chi connectivity index (χ0v) is 13.1. The molecule has 0 saturated heterocycles. The van der Waals surface area contributed by atoms with Gasteiger partial charge in [0.1, 0.15) is 11.6 Å². The van der Waals surface area contributed by atoms with Crippen LogP contribution < -0.4 is 5.32 Å². The second-order valence-electron chi connectivity index (χ2n) is 5.34. The fourth-order valence-electron chi connectivity index (χ4n) is 2.42. The second-order valence-corrected chi connectivity index (χ2v) is 5.34. The molecule has 0 saturated carbocycles. The quantitative estimate of drug-likeness (QED) is 0.910. The van der Waals surface area contributed by atoms with Gasteiger partial charge in [-0.25, -0.2) is 9.67 Å². The number of hydrogen-bond donors (Lipinski definition) is 1. The van der Waals surface area contributed by atoms with Crippen LogP contribution in [0.5, 0.6) is 0 Å². The van der Waals surface area contributed by atoms with Crippen molar-refractivity contribution in [3.05, 3.63) is 46.5 Å². The number of aromatic nitrogens is 3. The highest BCUT2D eigenvalue weighted by Gasteiger charge is 2.14. The fourth-order valence-corrected chi connectivity index (χ4v) is 2.42. The van der Waals surface area contributed by atoms with E-state index in [9.17, 15) is 0 Å². The SMILES string of the molecule is CCNC(Cn1nc(C)nc1C)c1ccc(C)c(C)c1. The summed E-state index contributed by atoms with van der Waals surface area (Å²) in [6.07, 6.45) is 0. The van der Waals surface area contributed by atoms with Gasteiger partial charge in [-0.05, 0) is 50.9 Å². The van der Waals surface area contributed by atoms with Crippen molar-refractivity contribution in [1.82, 2.24) is 20.1 Å². The Labute approximate surface area is 121 Å². The van der Waals surface area contributed by atoms with Gasteiger partial charge in [0.25, 0.3) is 0 Å². The van der Waals surface area contributed by atoms with Crippen LogP contribution in [0.3, 0.4) is 0 Å². The molecule has 0 aliphatic rings. The zero-order chi connectivity index (χ0) is 14.7. The lowest BCUT2D eigenvalue weighted by Crippen LogP contribution is -2.26. The molecular formula is C16H24N4. The lowest BCUT2D eigenvalue weighted by molar-refractivity contribution is 0.440. The average Bonchev–Trinajstić information content (AvgIpc) is 2.71. The Balaban J connectivity index is 2.26. The molecule has 108 valence electrons. The van der Waals surface area contributed by atoms with Gasteiger partial charge in [-0.3, -0.25) is 0 Å². The van der Waals surface area contributed by atoms with E-state index in [-0.39, 0.29) is 6.04 Å². The van der Waals surface area contributed by atoms with Gasteiger partial charge in [0.2, 0.25) is 0 Å². The molecule has 1 atom stereocenters. The highest BCUT2D eigenvalue weighted by molar-refractivity contribution is 5.31. The van der Waals surface area contributed by atoms with Crippen molar-refractivity contribution in [3.63, 3.8) is 0 Å². The van der Waals surface area contributed by atoms with E-state index < -0.39 is 0 Å². The summed E-state index contributed by atoms with van der Waals surface area (Å²) in [5, 5.41) is 8.01. The fraction of sp³-hybridized carbons (Fsp3) is 0.500. The molecule has 1 heterocycles. The molecule has 0 fully saturated rings. The maximum absolute atomic E-state index is 4.46. The van der Waals surface area contributed by atoms with Gasteiger partial charge in [-0.1, -0.05) is 25.1 Å². The summed E-state index contributed by atoms with van der Waals surface area (Å²) >= 11 is 0. The van der Waals surface area contributed by atoms with Crippen molar-refractivity contribution in [2.24, 2.45) is 0 Å². The molecule has 4 heteroatoms. The van der Waals surface area contributed by atoms with Crippen molar-refractivity contribution >= 4 is 0 Å². The van der Waals surface area contributed by atoms with Gasteiger partial charge in [-0.2, -0.15) is 5.10 Å². The third-order valence-corrected chi connectivity index (χ3v) is 3.70. The molecule has 0 aliphatic carbocycles. The van der Waals surface area contributed by atoms with Crippen molar-refractivity contribution in [1.29, 1.82) is 0 Å². The summed E-state index contributed by atoms with van der Waals surface area (Å²) in [7, 11) is 0. The minimum atomic E-state index is 0.263. The third kappa shape index (κ3) is 3.25. The lowest BCUT2D eigenvalue weighted by atomic mass is 10.0. The molecule has 0 spiro atoms. The van der Waals surface area contributed by atoms with Crippen LogP contribution in [0, 0.1) is 27.7 Å². The first kappa shape index (κ1) is 14.7. The predicted octanol–water partition coefficient (Wildman–Crippen LogP) is 2.86. The van der Waals surface area contributed by atoms with Crippen LogP contribution in [0.25, 0.3) is 0 Å². The molecule has 1 aromatic heterocycles. The van der Waals surface area contributed by atoms with E-state index in [1.165, 1.54) is 16.7 Å². The molecule has 0 aliphatic heterocycles. The van der Waals surface area contributed by atoms with Crippen LogP contribution in [0.2, 0.25) is 0 Å². The van der Waals surface area contributed by atoms with E-state index in [0.29, 0.717) is 0 Å². The standard InChI is InChI=1S/C16H24N4/c1-6-17-16(10-20-14(5)18-13(4)19-20)15-8-7-11(2)12(3)9-15/h7-9,16-17H,6,10H2,1-5H3. The highest BCUT2D eigenvalue weighted by Crippen LogP contribution is 2.19. The van der Waals surface area contributed by atoms with Crippen LogP contribution >= 0.6 is 0 Å². The first-order valence-corrected chi connectivity index (χ1v) is 7.19. The number of nitrogens with one attached hydrogen (secondary N) is 1. The Morgan fingerprint density at radius 2 is 1.90 bits per heavy atom. The van der Waals surface area contributed by atoms with E-state index >= 15 is 0 Å². The van der Waals surface area contributed by atoms with Gasteiger partial charge in [-0.15, -0.1) is 0 Å². The van der Waals surface area contributed by atoms with Crippen LogP contribution in [0.15, 0.2) is 18.2 Å². The van der Waals surface area contributed by atoms with Crippen LogP contribution in [0.4, 0.5) is 0 Å². The van der Waals surface area contributed by atoms with Crippen LogP contribution in [0.1, 0.15) is 41.3 Å². The molecule has 1 aromatic carbocycles. The molecule has 1 N–H and O–H groups in total. The smallest absolute Gasteiger partial charge is 0.147 e. The lowest BCUT2D eigenvalue weighted by Gasteiger charge is -2.20. The molecule has 2 rings (SSSR count). The molecule has 2 aromatic rings. The van der Waals surface area contributed by atoms with E-state index in [1.807, 2.05) is 18.5 Å². The number of rotatable bonds is 5. The molecule has 0 radical (unpaired) electrons. The molecule has 0 bridgehead atoms. The largest absolute Gasteiger partial charge is 0.309 e. The Bertz CT molecular complexity index is 586. The van der Waals surface area contributed by atoms with Crippen molar-refractivity contribution in [2.45, 2.75) is 47.2 Å². The maximum Gasteiger partial charge on any atom is 0.147 e. The summed E-state index contributed by atoms with van der Waals surface area (Å²) in [6, 6.07) is 6.92. The normalized spacial score (nSPS) is 12.7. The summed E-state index contributed by atoms with van der Waals surface area (Å²) < 4.78 is 1.98. The Morgan fingerprint density at radius 1 is 1.15 bits per heavy atom. The van der Waals surface area contributed by atoms with E-state index in [1.54, 1.807) is 0 Å². The van der Waals surface area contributed by atoms with Crippen LogP contribution in [-0.2, 0) is 6.54 Å². The second kappa shape index (κ2) is 6.18. The third-order valence-electron chi connectivity index (χ3n) is 3.70. The summed E-state index contributed by atoms with van der Waals surface area (Å²) in [5.74, 6) is 1.80. The van der Waals surface area contributed by atoms with Crippen molar-refractivity contribution in [3.8, 4) is 0 Å². The minimum absolute atomic E-state index is 0.263. The number of aryl methyl sites for hydroxylation is 4. The van der Waals surface area contributed by atoms with Gasteiger partial charge in [0, 0.05) is 0 Å². The topological polar surface area (TPSA) is 42.7 Å². The Morgan fingerprint density at radius 3 is 2.45 bits per heavy atom. The Kier molecular flexibility index (Phi) is 4.55. The molecule has 20 heavy (non-hydrogen) atoms. The van der Waals surface area contributed by atoms with Gasteiger partial charge in [0.05, 0.1) is 12.6 Å². The average molecular weight is 272 g/mol. The first-order valence-electron chi connectivity index (χ1n) is 7.19. The maximum atomic E-state index is 4.46. The van der Waals surface area contributed by atoms with Crippen molar-refractivity contribution in [2.75, 3.05) is 6.54 Å². The molecular weight excluding hydrogens is 248 g/mol. The summed E-state index contributed by atoms with van der Waals surface area (Å²) in [6.45, 7) is 12.1. The van der Waals surface area contributed by atoms with E-state index in [2.05, 4.69) is 54.4 Å². The minimum Gasteiger partial charge on any atom is -0.309 e. The van der Waals surface area contributed by atoms with E-state index in [4.69, 9.17) is 0 Å². The number of hydrogen-bond acceptors (Lipinski definition) is 3. The van der Waals surface area contributed by atoms with Gasteiger partial charge in [0.15, 0.2) is 0 Å². The molecule has 0 amide bonds. The highest BCUT2D eigenvalue weighted by atomic mass is 15.3. The van der Waals surface area contributed by atoms with Crippen molar-refractivity contribution < 1.29 is 0 Å². The van der Waals surface area contributed by atoms with E-state index in [0.717, 1.165) is 24.7 Å². The van der Waals surface area contributed by atoms with Gasteiger partial charge < -0.3 is 5.32 Å².